The zero-order chi connectivity index (χ0) is 23.8. The second-order valence-electron chi connectivity index (χ2n) is 5.95. The Kier molecular flexibility index (Phi) is 9.32. The van der Waals surface area contributed by atoms with Crippen LogP contribution in [0.5, 0.6) is 0 Å². The highest BCUT2D eigenvalue weighted by atomic mass is 35.5. The van der Waals surface area contributed by atoms with Crippen LogP contribution in [-0.2, 0) is 4.79 Å². The van der Waals surface area contributed by atoms with Crippen LogP contribution >= 0.6 is 11.6 Å². The number of amides is 1. The first-order valence-electron chi connectivity index (χ1n) is 8.90. The number of anilines is 2. The van der Waals surface area contributed by atoms with E-state index in [2.05, 4.69) is 5.32 Å². The molecule has 0 radical (unpaired) electrons. The first-order chi connectivity index (χ1) is 14.4. The molecule has 0 heterocycles. The summed E-state index contributed by atoms with van der Waals surface area (Å²) in [5, 5.41) is 19.5. The van der Waals surface area contributed by atoms with Gasteiger partial charge in [0, 0.05) is 13.1 Å². The molecule has 3 N–H and O–H groups in total. The molecule has 2 aromatic carbocycles. The van der Waals surface area contributed by atoms with Gasteiger partial charge in [0.05, 0.1) is 27.5 Å². The van der Waals surface area contributed by atoms with E-state index in [1.54, 1.807) is 30.3 Å². The average molecular weight is 461 g/mol. The Balaban J connectivity index is 0.000000592. The molecule has 0 bridgehead atoms. The molecule has 0 aliphatic carbocycles. The first-order valence-corrected chi connectivity index (χ1v) is 9.28. The molecule has 168 valence electrons. The van der Waals surface area contributed by atoms with Crippen LogP contribution in [0.2, 0.25) is 5.02 Å². The van der Waals surface area contributed by atoms with Crippen molar-refractivity contribution < 1.29 is 37.8 Å². The Hall–Kier alpha value is -3.27. The summed E-state index contributed by atoms with van der Waals surface area (Å²) in [6.07, 6.45) is -5.08. The number of carbonyl (C=O) groups is 3. The summed E-state index contributed by atoms with van der Waals surface area (Å²) >= 11 is 6.06. The lowest BCUT2D eigenvalue weighted by Crippen LogP contribution is -2.24. The maximum Gasteiger partial charge on any atom is 0.490 e. The summed E-state index contributed by atoms with van der Waals surface area (Å²) in [4.78, 5) is 34.7. The molecule has 7 nitrogen and oxygen atoms in total. The SMILES string of the molecule is CCN(CC)c1ccc(C(=O)O)cc1NC(=O)c1ccccc1Cl.O=C(O)C(F)(F)F. The number of benzene rings is 2. The van der Waals surface area contributed by atoms with Gasteiger partial charge in [-0.05, 0) is 44.2 Å². The summed E-state index contributed by atoms with van der Waals surface area (Å²) in [7, 11) is 0. The summed E-state index contributed by atoms with van der Waals surface area (Å²) in [6, 6.07) is 11.4. The molecule has 2 rings (SSSR count). The zero-order valence-electron chi connectivity index (χ0n) is 16.5. The van der Waals surface area contributed by atoms with Gasteiger partial charge in [-0.2, -0.15) is 13.2 Å². The largest absolute Gasteiger partial charge is 0.490 e. The van der Waals surface area contributed by atoms with E-state index in [9.17, 15) is 27.9 Å². The molecule has 0 unspecified atom stereocenters. The highest BCUT2D eigenvalue weighted by Gasteiger charge is 2.38. The van der Waals surface area contributed by atoms with Gasteiger partial charge in [0.15, 0.2) is 0 Å². The van der Waals surface area contributed by atoms with Crippen LogP contribution < -0.4 is 10.2 Å². The number of nitrogens with one attached hydrogen (secondary N) is 1. The third-order valence-electron chi connectivity index (χ3n) is 3.96. The number of nitrogens with zero attached hydrogens (tertiary/aromatic N) is 1. The van der Waals surface area contributed by atoms with Crippen molar-refractivity contribution in [3.63, 3.8) is 0 Å². The van der Waals surface area contributed by atoms with Gasteiger partial charge >= 0.3 is 18.1 Å². The molecule has 0 fully saturated rings. The van der Waals surface area contributed by atoms with Crippen molar-refractivity contribution in [2.75, 3.05) is 23.3 Å². The second-order valence-corrected chi connectivity index (χ2v) is 6.35. The van der Waals surface area contributed by atoms with Gasteiger partial charge in [-0.25, -0.2) is 9.59 Å². The number of hydrogen-bond donors (Lipinski definition) is 3. The van der Waals surface area contributed by atoms with Gasteiger partial charge < -0.3 is 20.4 Å². The number of halogens is 4. The lowest BCUT2D eigenvalue weighted by atomic mass is 10.1. The number of aliphatic carboxylic acids is 1. The lowest BCUT2D eigenvalue weighted by molar-refractivity contribution is -0.192. The van der Waals surface area contributed by atoms with Crippen LogP contribution in [0.25, 0.3) is 0 Å². The molecule has 1 amide bonds. The maximum absolute atomic E-state index is 12.5. The number of rotatable bonds is 6. The lowest BCUT2D eigenvalue weighted by Gasteiger charge is -2.24. The van der Waals surface area contributed by atoms with Crippen molar-refractivity contribution in [1.29, 1.82) is 0 Å². The van der Waals surface area contributed by atoms with E-state index in [-0.39, 0.29) is 11.5 Å². The first kappa shape index (κ1) is 25.8. The van der Waals surface area contributed by atoms with Crippen molar-refractivity contribution in [3.8, 4) is 0 Å². The van der Waals surface area contributed by atoms with Crippen molar-refractivity contribution in [3.05, 3.63) is 58.6 Å². The van der Waals surface area contributed by atoms with E-state index in [1.165, 1.54) is 12.1 Å². The van der Waals surface area contributed by atoms with E-state index in [0.717, 1.165) is 18.8 Å². The van der Waals surface area contributed by atoms with Gasteiger partial charge in [-0.3, -0.25) is 4.79 Å². The highest BCUT2D eigenvalue weighted by molar-refractivity contribution is 6.34. The Morgan fingerprint density at radius 3 is 2.03 bits per heavy atom. The van der Waals surface area contributed by atoms with Crippen LogP contribution in [0, 0.1) is 0 Å². The number of aromatic carboxylic acids is 1. The number of alkyl halides is 3. The second kappa shape index (κ2) is 11.2. The molecule has 0 aliphatic rings. The number of carboxylic acids is 2. The molecule has 2 aromatic rings. The standard InChI is InChI=1S/C18H19ClN2O3.C2HF3O2/c1-3-21(4-2)16-10-9-12(18(23)24)11-15(16)20-17(22)13-7-5-6-8-14(13)19;3-2(4,5)1(6)7/h5-11H,3-4H2,1-2H3,(H,20,22)(H,23,24);(H,6,7). The van der Waals surface area contributed by atoms with Crippen LogP contribution in [0.15, 0.2) is 42.5 Å². The van der Waals surface area contributed by atoms with Crippen molar-refractivity contribution in [2.45, 2.75) is 20.0 Å². The Labute approximate surface area is 181 Å². The summed E-state index contributed by atoms with van der Waals surface area (Å²) < 4.78 is 31.7. The van der Waals surface area contributed by atoms with Gasteiger partial charge in [0.1, 0.15) is 0 Å². The van der Waals surface area contributed by atoms with Crippen LogP contribution in [0.4, 0.5) is 24.5 Å². The number of carbonyl (C=O) groups excluding carboxylic acids is 1. The van der Waals surface area contributed by atoms with Crippen molar-refractivity contribution in [2.24, 2.45) is 0 Å². The zero-order valence-corrected chi connectivity index (χ0v) is 17.3. The van der Waals surface area contributed by atoms with Crippen molar-refractivity contribution >= 4 is 40.8 Å². The fraction of sp³-hybridized carbons (Fsp3) is 0.250. The minimum atomic E-state index is -5.08. The van der Waals surface area contributed by atoms with E-state index in [1.807, 2.05) is 18.7 Å². The molecular formula is C20H20ClF3N2O5. The number of carboxylic acid groups (broad SMARTS) is 2. The average Bonchev–Trinajstić information content (AvgIpc) is 2.69. The minimum Gasteiger partial charge on any atom is -0.478 e. The van der Waals surface area contributed by atoms with E-state index >= 15 is 0 Å². The molecule has 31 heavy (non-hydrogen) atoms. The maximum atomic E-state index is 12.5. The monoisotopic (exact) mass is 460 g/mol. The van der Waals surface area contributed by atoms with Crippen molar-refractivity contribution in [1.82, 2.24) is 0 Å². The molecule has 0 aliphatic heterocycles. The van der Waals surface area contributed by atoms with E-state index in [0.29, 0.717) is 16.3 Å². The Bertz CT molecular complexity index is 947. The molecule has 0 spiro atoms. The Morgan fingerprint density at radius 2 is 1.58 bits per heavy atom. The van der Waals surface area contributed by atoms with Crippen LogP contribution in [-0.4, -0.2) is 47.3 Å². The molecular weight excluding hydrogens is 441 g/mol. The van der Waals surface area contributed by atoms with Crippen LogP contribution in [0.1, 0.15) is 34.6 Å². The van der Waals surface area contributed by atoms with Gasteiger partial charge in [0.2, 0.25) is 0 Å². The van der Waals surface area contributed by atoms with Gasteiger partial charge in [0.25, 0.3) is 5.91 Å². The summed E-state index contributed by atoms with van der Waals surface area (Å²) in [5.41, 5.74) is 1.67. The number of hydrogen-bond acceptors (Lipinski definition) is 4. The third kappa shape index (κ3) is 7.49. The topological polar surface area (TPSA) is 107 Å². The minimum absolute atomic E-state index is 0.111. The normalized spacial score (nSPS) is 10.5. The predicted molar refractivity (Wildman–Crippen MR) is 110 cm³/mol. The predicted octanol–water partition coefficient (Wildman–Crippen LogP) is 4.77. The van der Waals surface area contributed by atoms with Gasteiger partial charge in [-0.1, -0.05) is 23.7 Å². The Morgan fingerprint density at radius 1 is 1.03 bits per heavy atom. The smallest absolute Gasteiger partial charge is 0.478 e. The molecule has 11 heteroatoms. The fourth-order valence-electron chi connectivity index (χ4n) is 2.44. The van der Waals surface area contributed by atoms with E-state index < -0.39 is 18.1 Å². The fourth-order valence-corrected chi connectivity index (χ4v) is 2.67. The summed E-state index contributed by atoms with van der Waals surface area (Å²) in [6.45, 7) is 5.46. The molecule has 0 saturated heterocycles. The molecule has 0 atom stereocenters. The molecule has 0 saturated carbocycles. The third-order valence-corrected chi connectivity index (χ3v) is 4.29. The van der Waals surface area contributed by atoms with Gasteiger partial charge in [-0.15, -0.1) is 0 Å². The summed E-state index contributed by atoms with van der Waals surface area (Å²) in [5.74, 6) is -4.18. The van der Waals surface area contributed by atoms with E-state index in [4.69, 9.17) is 21.5 Å². The molecule has 0 aromatic heterocycles. The quantitative estimate of drug-likeness (QED) is 0.573. The van der Waals surface area contributed by atoms with Crippen LogP contribution in [0.3, 0.4) is 0 Å². The highest BCUT2D eigenvalue weighted by Crippen LogP contribution is 2.28.